The second kappa shape index (κ2) is 7.26. The molecule has 4 nitrogen and oxygen atoms in total. The molecule has 5 heteroatoms. The van der Waals surface area contributed by atoms with Gasteiger partial charge in [-0.3, -0.25) is 0 Å². The number of hydrogen-bond donors (Lipinski definition) is 1. The summed E-state index contributed by atoms with van der Waals surface area (Å²) in [4.78, 5) is 11.8. The largest absolute Gasteiger partial charge is 0.369 e. The molecule has 0 unspecified atom stereocenters. The van der Waals surface area contributed by atoms with Crippen LogP contribution in [-0.2, 0) is 6.42 Å². The van der Waals surface area contributed by atoms with Crippen molar-refractivity contribution in [3.8, 4) is 0 Å². The van der Waals surface area contributed by atoms with E-state index in [9.17, 15) is 0 Å². The van der Waals surface area contributed by atoms with Gasteiger partial charge in [0.1, 0.15) is 5.82 Å². The van der Waals surface area contributed by atoms with Gasteiger partial charge in [-0.1, -0.05) is 13.8 Å². The molecule has 0 aromatic carbocycles. The highest BCUT2D eigenvalue weighted by Crippen LogP contribution is 2.24. The van der Waals surface area contributed by atoms with Gasteiger partial charge in [-0.15, -0.1) is 0 Å². The highest BCUT2D eigenvalue weighted by Gasteiger charge is 2.17. The zero-order valence-corrected chi connectivity index (χ0v) is 14.0. The van der Waals surface area contributed by atoms with Gasteiger partial charge in [0.2, 0.25) is 5.95 Å². The molecular formula is C14H23IN4. The van der Waals surface area contributed by atoms with E-state index >= 15 is 0 Å². The maximum atomic E-state index is 4.75. The van der Waals surface area contributed by atoms with Crippen LogP contribution in [0.3, 0.4) is 0 Å². The number of hydrogen-bond acceptors (Lipinski definition) is 4. The zero-order chi connectivity index (χ0) is 13.7. The number of piperidine rings is 1. The minimum Gasteiger partial charge on any atom is -0.369 e. The van der Waals surface area contributed by atoms with Gasteiger partial charge in [0.25, 0.3) is 0 Å². The Hall–Kier alpha value is -0.590. The normalized spacial score (nSPS) is 15.6. The van der Waals surface area contributed by atoms with E-state index in [0.29, 0.717) is 0 Å². The van der Waals surface area contributed by atoms with Crippen molar-refractivity contribution < 1.29 is 0 Å². The molecule has 1 aliphatic heterocycles. The lowest BCUT2D eigenvalue weighted by atomic mass is 10.1. The van der Waals surface area contributed by atoms with Gasteiger partial charge < -0.3 is 10.2 Å². The summed E-state index contributed by atoms with van der Waals surface area (Å²) in [6, 6.07) is 0. The molecule has 2 heterocycles. The van der Waals surface area contributed by atoms with Crippen molar-refractivity contribution in [3.63, 3.8) is 0 Å². The summed E-state index contributed by atoms with van der Waals surface area (Å²) in [5.41, 5.74) is 1.16. The first-order chi connectivity index (χ1) is 9.26. The summed E-state index contributed by atoms with van der Waals surface area (Å²) in [7, 11) is 0. The lowest BCUT2D eigenvalue weighted by Gasteiger charge is -2.27. The Labute approximate surface area is 129 Å². The summed E-state index contributed by atoms with van der Waals surface area (Å²) in [6.07, 6.45) is 5.93. The van der Waals surface area contributed by atoms with E-state index in [-0.39, 0.29) is 0 Å². The number of nitrogens with one attached hydrogen (secondary N) is 1. The third-order valence-corrected chi connectivity index (χ3v) is 4.56. The van der Waals surface area contributed by atoms with E-state index in [1.165, 1.54) is 22.8 Å². The summed E-state index contributed by atoms with van der Waals surface area (Å²) in [5.74, 6) is 1.92. The molecule has 1 aromatic rings. The lowest BCUT2D eigenvalue weighted by molar-refractivity contribution is 0.567. The number of halogens is 1. The molecule has 2 rings (SSSR count). The van der Waals surface area contributed by atoms with Crippen LogP contribution in [0, 0.1) is 3.57 Å². The van der Waals surface area contributed by atoms with Crippen LogP contribution in [0.15, 0.2) is 0 Å². The van der Waals surface area contributed by atoms with Crippen molar-refractivity contribution in [2.24, 2.45) is 0 Å². The molecule has 1 aliphatic rings. The maximum absolute atomic E-state index is 4.75. The van der Waals surface area contributed by atoms with E-state index in [1.54, 1.807) is 0 Å². The van der Waals surface area contributed by atoms with E-state index in [1.807, 2.05) is 0 Å². The van der Waals surface area contributed by atoms with Gasteiger partial charge in [0.15, 0.2) is 0 Å². The Morgan fingerprint density at radius 2 is 1.89 bits per heavy atom. The quantitative estimate of drug-likeness (QED) is 0.802. The number of anilines is 2. The van der Waals surface area contributed by atoms with E-state index < -0.39 is 0 Å². The molecule has 0 atom stereocenters. The summed E-state index contributed by atoms with van der Waals surface area (Å²) in [6.45, 7) is 7.49. The topological polar surface area (TPSA) is 41.1 Å². The third-order valence-electron chi connectivity index (χ3n) is 3.42. The van der Waals surface area contributed by atoms with Crippen molar-refractivity contribution in [3.05, 3.63) is 9.26 Å². The molecule has 106 valence electrons. The Bertz CT molecular complexity index is 416. The number of aromatic nitrogens is 2. The van der Waals surface area contributed by atoms with E-state index in [4.69, 9.17) is 9.97 Å². The second-order valence-electron chi connectivity index (χ2n) is 4.96. The van der Waals surface area contributed by atoms with E-state index in [2.05, 4.69) is 46.7 Å². The molecule has 0 bridgehead atoms. The first-order valence-electron chi connectivity index (χ1n) is 7.31. The van der Waals surface area contributed by atoms with Crippen LogP contribution in [0.25, 0.3) is 0 Å². The molecule has 0 spiro atoms. The van der Waals surface area contributed by atoms with Gasteiger partial charge >= 0.3 is 0 Å². The average Bonchev–Trinajstić information content (AvgIpc) is 2.47. The van der Waals surface area contributed by atoms with Gasteiger partial charge in [-0.05, 0) is 54.7 Å². The second-order valence-corrected chi connectivity index (χ2v) is 6.04. The van der Waals surface area contributed by atoms with Crippen LogP contribution in [0.4, 0.5) is 11.8 Å². The van der Waals surface area contributed by atoms with Crippen LogP contribution < -0.4 is 10.2 Å². The van der Waals surface area contributed by atoms with Crippen LogP contribution in [-0.4, -0.2) is 29.6 Å². The van der Waals surface area contributed by atoms with Crippen LogP contribution in [0.2, 0.25) is 0 Å². The van der Waals surface area contributed by atoms with Crippen molar-refractivity contribution in [2.75, 3.05) is 29.9 Å². The zero-order valence-electron chi connectivity index (χ0n) is 11.9. The molecule has 19 heavy (non-hydrogen) atoms. The van der Waals surface area contributed by atoms with Crippen LogP contribution in [0.5, 0.6) is 0 Å². The molecule has 0 saturated carbocycles. The number of aryl methyl sites for hydroxylation is 1. The van der Waals surface area contributed by atoms with Crippen molar-refractivity contribution in [2.45, 2.75) is 46.0 Å². The minimum atomic E-state index is 0.913. The van der Waals surface area contributed by atoms with Gasteiger partial charge in [0.05, 0.1) is 9.26 Å². The number of rotatable bonds is 5. The highest BCUT2D eigenvalue weighted by atomic mass is 127. The fraction of sp³-hybridized carbons (Fsp3) is 0.714. The molecule has 0 aliphatic carbocycles. The standard InChI is InChI=1S/C14H23IN4/c1-3-8-16-13-12(15)11(4-2)17-14(18-13)19-9-6-5-7-10-19/h3-10H2,1-2H3,(H,16,17,18). The molecule has 1 fully saturated rings. The van der Waals surface area contributed by atoms with Crippen LogP contribution in [0.1, 0.15) is 45.2 Å². The van der Waals surface area contributed by atoms with Crippen molar-refractivity contribution >= 4 is 34.4 Å². The van der Waals surface area contributed by atoms with Crippen molar-refractivity contribution in [1.29, 1.82) is 0 Å². The fourth-order valence-corrected chi connectivity index (χ4v) is 3.12. The fourth-order valence-electron chi connectivity index (χ4n) is 2.31. The van der Waals surface area contributed by atoms with Crippen molar-refractivity contribution in [1.82, 2.24) is 9.97 Å². The summed E-state index contributed by atoms with van der Waals surface area (Å²) in [5, 5.41) is 3.43. The molecular weight excluding hydrogens is 351 g/mol. The Morgan fingerprint density at radius 1 is 1.16 bits per heavy atom. The predicted molar refractivity (Wildman–Crippen MR) is 89.0 cm³/mol. The van der Waals surface area contributed by atoms with Gasteiger partial charge in [0, 0.05) is 19.6 Å². The molecule has 0 amide bonds. The molecule has 1 saturated heterocycles. The SMILES string of the molecule is CCCNc1nc(N2CCCCC2)nc(CC)c1I. The summed E-state index contributed by atoms with van der Waals surface area (Å²) >= 11 is 2.36. The molecule has 0 radical (unpaired) electrons. The smallest absolute Gasteiger partial charge is 0.227 e. The Kier molecular flexibility index (Phi) is 5.66. The molecule has 1 N–H and O–H groups in total. The predicted octanol–water partition coefficient (Wildman–Crippen LogP) is 3.46. The Morgan fingerprint density at radius 3 is 2.53 bits per heavy atom. The lowest BCUT2D eigenvalue weighted by Crippen LogP contribution is -2.31. The maximum Gasteiger partial charge on any atom is 0.227 e. The van der Waals surface area contributed by atoms with Gasteiger partial charge in [-0.2, -0.15) is 4.98 Å². The first-order valence-corrected chi connectivity index (χ1v) is 8.39. The molecule has 1 aromatic heterocycles. The monoisotopic (exact) mass is 374 g/mol. The Balaban J connectivity index is 2.26. The minimum absolute atomic E-state index is 0.913. The number of nitrogens with zero attached hydrogens (tertiary/aromatic N) is 3. The van der Waals surface area contributed by atoms with E-state index in [0.717, 1.165) is 49.9 Å². The third kappa shape index (κ3) is 3.70. The first kappa shape index (κ1) is 14.8. The highest BCUT2D eigenvalue weighted by molar-refractivity contribution is 14.1. The van der Waals surface area contributed by atoms with Gasteiger partial charge in [-0.25, -0.2) is 4.98 Å². The van der Waals surface area contributed by atoms with Crippen LogP contribution >= 0.6 is 22.6 Å². The average molecular weight is 374 g/mol. The summed E-state index contributed by atoms with van der Waals surface area (Å²) < 4.78 is 1.18.